The molecule has 0 atom stereocenters. The van der Waals surface area contributed by atoms with E-state index in [1.807, 2.05) is 23.1 Å². The SMILES string of the molecule is Cc1cc(NC(=O)C2CCC(C(=O)N(Cc3ccccc3)C(C)C)CC2)no1. The molecule has 0 aliphatic heterocycles. The number of carbonyl (C=O) groups excluding carboxylic acids is 2. The van der Waals surface area contributed by atoms with Crippen LogP contribution in [0.15, 0.2) is 40.9 Å². The summed E-state index contributed by atoms with van der Waals surface area (Å²) in [4.78, 5) is 27.5. The number of anilines is 1. The number of hydrogen-bond acceptors (Lipinski definition) is 4. The number of rotatable bonds is 6. The molecule has 0 spiro atoms. The lowest BCUT2D eigenvalue weighted by molar-refractivity contribution is -0.140. The first kappa shape index (κ1) is 20.1. The number of amides is 2. The van der Waals surface area contributed by atoms with Crippen molar-refractivity contribution in [1.29, 1.82) is 0 Å². The van der Waals surface area contributed by atoms with Crippen LogP contribution in [0.4, 0.5) is 5.82 Å². The summed E-state index contributed by atoms with van der Waals surface area (Å²) in [6, 6.07) is 11.9. The minimum atomic E-state index is -0.0809. The van der Waals surface area contributed by atoms with Crippen LogP contribution in [0.1, 0.15) is 50.9 Å². The highest BCUT2D eigenvalue weighted by molar-refractivity contribution is 5.92. The third kappa shape index (κ3) is 5.00. The molecule has 1 aliphatic carbocycles. The summed E-state index contributed by atoms with van der Waals surface area (Å²) in [6.07, 6.45) is 2.92. The van der Waals surface area contributed by atoms with Gasteiger partial charge in [0.25, 0.3) is 0 Å². The van der Waals surface area contributed by atoms with Crippen LogP contribution in [-0.4, -0.2) is 27.9 Å². The Morgan fingerprint density at radius 3 is 2.36 bits per heavy atom. The third-order valence-corrected chi connectivity index (χ3v) is 5.43. The second kappa shape index (κ2) is 9.04. The van der Waals surface area contributed by atoms with Crippen molar-refractivity contribution < 1.29 is 14.1 Å². The molecule has 1 heterocycles. The van der Waals surface area contributed by atoms with Crippen molar-refractivity contribution in [2.75, 3.05) is 5.32 Å². The Morgan fingerprint density at radius 1 is 1.14 bits per heavy atom. The number of benzene rings is 1. The van der Waals surface area contributed by atoms with Gasteiger partial charge >= 0.3 is 0 Å². The van der Waals surface area contributed by atoms with Crippen LogP contribution < -0.4 is 5.32 Å². The van der Waals surface area contributed by atoms with Crippen molar-refractivity contribution in [3.05, 3.63) is 47.7 Å². The first-order valence-corrected chi connectivity index (χ1v) is 10.0. The minimum Gasteiger partial charge on any atom is -0.360 e. The van der Waals surface area contributed by atoms with Crippen molar-refractivity contribution >= 4 is 17.6 Å². The lowest BCUT2D eigenvalue weighted by atomic mass is 9.80. The molecule has 1 aromatic heterocycles. The molecule has 2 amide bonds. The average Bonchev–Trinajstić information content (AvgIpc) is 3.11. The van der Waals surface area contributed by atoms with Crippen LogP contribution in [0, 0.1) is 18.8 Å². The molecule has 1 fully saturated rings. The molecule has 28 heavy (non-hydrogen) atoms. The Morgan fingerprint density at radius 2 is 1.79 bits per heavy atom. The number of aromatic nitrogens is 1. The van der Waals surface area contributed by atoms with Crippen LogP contribution in [0.25, 0.3) is 0 Å². The number of aryl methyl sites for hydroxylation is 1. The Labute approximate surface area is 166 Å². The molecule has 150 valence electrons. The van der Waals surface area contributed by atoms with Gasteiger partial charge in [-0.3, -0.25) is 9.59 Å². The summed E-state index contributed by atoms with van der Waals surface area (Å²) in [5.41, 5.74) is 1.14. The zero-order chi connectivity index (χ0) is 20.1. The van der Waals surface area contributed by atoms with Crippen molar-refractivity contribution in [3.63, 3.8) is 0 Å². The Balaban J connectivity index is 1.55. The van der Waals surface area contributed by atoms with Gasteiger partial charge in [-0.25, -0.2) is 0 Å². The number of nitrogens with zero attached hydrogens (tertiary/aromatic N) is 2. The predicted octanol–water partition coefficient (Wildman–Crippen LogP) is 4.17. The van der Waals surface area contributed by atoms with Gasteiger partial charge in [-0.05, 0) is 52.0 Å². The molecule has 0 radical (unpaired) electrons. The van der Waals surface area contributed by atoms with E-state index in [1.165, 1.54) is 0 Å². The molecular formula is C22H29N3O3. The molecule has 1 aliphatic rings. The fourth-order valence-electron chi connectivity index (χ4n) is 3.79. The highest BCUT2D eigenvalue weighted by Crippen LogP contribution is 2.31. The maximum absolute atomic E-state index is 13.1. The Hall–Kier alpha value is -2.63. The van der Waals surface area contributed by atoms with Crippen molar-refractivity contribution in [3.8, 4) is 0 Å². The maximum atomic E-state index is 13.1. The van der Waals surface area contributed by atoms with Gasteiger partial charge in [0.05, 0.1) is 0 Å². The van der Waals surface area contributed by atoms with E-state index in [2.05, 4.69) is 36.5 Å². The van der Waals surface area contributed by atoms with Gasteiger partial charge in [0.15, 0.2) is 5.82 Å². The van der Waals surface area contributed by atoms with Gasteiger partial charge in [0.1, 0.15) is 5.76 Å². The lowest BCUT2D eigenvalue weighted by Gasteiger charge is -2.34. The lowest BCUT2D eigenvalue weighted by Crippen LogP contribution is -2.42. The highest BCUT2D eigenvalue weighted by atomic mass is 16.5. The third-order valence-electron chi connectivity index (χ3n) is 5.43. The summed E-state index contributed by atoms with van der Waals surface area (Å²) in [5.74, 6) is 1.19. The molecular weight excluding hydrogens is 354 g/mol. The van der Waals surface area contributed by atoms with E-state index in [0.29, 0.717) is 18.1 Å². The van der Waals surface area contributed by atoms with E-state index < -0.39 is 0 Å². The molecule has 1 saturated carbocycles. The number of nitrogens with one attached hydrogen (secondary N) is 1. The highest BCUT2D eigenvalue weighted by Gasteiger charge is 2.33. The summed E-state index contributed by atoms with van der Waals surface area (Å²) in [6.45, 7) is 6.53. The molecule has 3 rings (SSSR count). The second-order valence-corrected chi connectivity index (χ2v) is 7.91. The van der Waals surface area contributed by atoms with Gasteiger partial charge in [-0.2, -0.15) is 0 Å². The maximum Gasteiger partial charge on any atom is 0.228 e. The van der Waals surface area contributed by atoms with E-state index in [4.69, 9.17) is 4.52 Å². The van der Waals surface area contributed by atoms with Crippen molar-refractivity contribution in [2.45, 2.75) is 59.0 Å². The zero-order valence-corrected chi connectivity index (χ0v) is 16.9. The molecule has 6 heteroatoms. The van der Waals surface area contributed by atoms with E-state index >= 15 is 0 Å². The summed E-state index contributed by atoms with van der Waals surface area (Å²) in [7, 11) is 0. The van der Waals surface area contributed by atoms with Crippen molar-refractivity contribution in [2.24, 2.45) is 11.8 Å². The summed E-state index contributed by atoms with van der Waals surface area (Å²) in [5, 5.41) is 6.62. The number of hydrogen-bond donors (Lipinski definition) is 1. The van der Waals surface area contributed by atoms with Crippen molar-refractivity contribution in [1.82, 2.24) is 10.1 Å². The monoisotopic (exact) mass is 383 g/mol. The summed E-state index contributed by atoms with van der Waals surface area (Å²) >= 11 is 0. The van der Waals surface area contributed by atoms with E-state index in [1.54, 1.807) is 13.0 Å². The van der Waals surface area contributed by atoms with Crippen LogP contribution in [0.2, 0.25) is 0 Å². The fraction of sp³-hybridized carbons (Fsp3) is 0.500. The smallest absolute Gasteiger partial charge is 0.228 e. The fourth-order valence-corrected chi connectivity index (χ4v) is 3.79. The van der Waals surface area contributed by atoms with Gasteiger partial charge in [0, 0.05) is 30.5 Å². The van der Waals surface area contributed by atoms with E-state index in [-0.39, 0.29) is 29.7 Å². The van der Waals surface area contributed by atoms with Gasteiger partial charge in [0.2, 0.25) is 11.8 Å². The van der Waals surface area contributed by atoms with Gasteiger partial charge < -0.3 is 14.7 Å². The van der Waals surface area contributed by atoms with Gasteiger partial charge in [-0.1, -0.05) is 35.5 Å². The molecule has 0 saturated heterocycles. The molecule has 0 bridgehead atoms. The normalized spacial score (nSPS) is 19.4. The molecule has 0 unspecified atom stereocenters. The molecule has 6 nitrogen and oxygen atoms in total. The Bertz CT molecular complexity index is 792. The first-order valence-electron chi connectivity index (χ1n) is 10.0. The minimum absolute atomic E-state index is 0.00976. The Kier molecular flexibility index (Phi) is 6.49. The second-order valence-electron chi connectivity index (χ2n) is 7.91. The topological polar surface area (TPSA) is 75.4 Å². The molecule has 1 aromatic carbocycles. The first-order chi connectivity index (χ1) is 13.4. The predicted molar refractivity (Wildman–Crippen MR) is 107 cm³/mol. The van der Waals surface area contributed by atoms with Crippen LogP contribution in [0.3, 0.4) is 0 Å². The van der Waals surface area contributed by atoms with E-state index in [0.717, 1.165) is 31.2 Å². The van der Waals surface area contributed by atoms with Crippen LogP contribution in [0.5, 0.6) is 0 Å². The average molecular weight is 383 g/mol. The van der Waals surface area contributed by atoms with Gasteiger partial charge in [-0.15, -0.1) is 0 Å². The van der Waals surface area contributed by atoms with Crippen LogP contribution in [-0.2, 0) is 16.1 Å². The quantitative estimate of drug-likeness (QED) is 0.812. The summed E-state index contributed by atoms with van der Waals surface area (Å²) < 4.78 is 4.98. The number of carbonyl (C=O) groups is 2. The largest absolute Gasteiger partial charge is 0.360 e. The molecule has 1 N–H and O–H groups in total. The molecule has 2 aromatic rings. The van der Waals surface area contributed by atoms with E-state index in [9.17, 15) is 9.59 Å². The zero-order valence-electron chi connectivity index (χ0n) is 16.9. The van der Waals surface area contributed by atoms with Crippen LogP contribution >= 0.6 is 0 Å². The standard InChI is InChI=1S/C22H29N3O3/c1-15(2)25(14-17-7-5-4-6-8-17)22(27)19-11-9-18(10-12-19)21(26)23-20-13-16(3)28-24-20/h4-8,13,15,18-19H,9-12,14H2,1-3H3,(H,23,24,26).